The largest absolute Gasteiger partial charge is 0.480 e. The predicted molar refractivity (Wildman–Crippen MR) is 99.3 cm³/mol. The molecule has 26 heavy (non-hydrogen) atoms. The molecule has 8 heteroatoms. The highest BCUT2D eigenvalue weighted by molar-refractivity contribution is 6.36. The van der Waals surface area contributed by atoms with Crippen LogP contribution in [-0.2, 0) is 17.9 Å². The smallest absolute Gasteiger partial charge is 0.326 e. The first-order valence-electron chi connectivity index (χ1n) is 7.97. The van der Waals surface area contributed by atoms with Crippen LogP contribution >= 0.6 is 23.2 Å². The number of aromatic nitrogens is 1. The van der Waals surface area contributed by atoms with Crippen LogP contribution in [0.25, 0.3) is 11.1 Å². The monoisotopic (exact) mass is 393 g/mol. The third-order valence-corrected chi connectivity index (χ3v) is 5.15. The van der Waals surface area contributed by atoms with E-state index in [1.165, 1.54) is 11.8 Å². The van der Waals surface area contributed by atoms with Crippen LogP contribution in [0.2, 0.25) is 10.0 Å². The number of carbonyl (C=O) groups excluding carboxylic acids is 1. The van der Waals surface area contributed by atoms with Gasteiger partial charge in [0.1, 0.15) is 6.04 Å². The minimum Gasteiger partial charge on any atom is -0.480 e. The lowest BCUT2D eigenvalue weighted by Gasteiger charge is -2.20. The van der Waals surface area contributed by atoms with Crippen molar-refractivity contribution in [2.75, 3.05) is 0 Å². The number of amides is 1. The number of hydrogen-bond donors (Lipinski definition) is 2. The van der Waals surface area contributed by atoms with Gasteiger partial charge in [-0.25, -0.2) is 4.79 Å². The van der Waals surface area contributed by atoms with Crippen LogP contribution < -0.4 is 5.73 Å². The molecule has 0 saturated heterocycles. The maximum Gasteiger partial charge on any atom is 0.326 e. The normalized spacial score (nSPS) is 14.5. The third kappa shape index (κ3) is 2.94. The van der Waals surface area contributed by atoms with Crippen molar-refractivity contribution in [1.29, 1.82) is 0 Å². The molecule has 136 valence electrons. The molecule has 1 atom stereocenters. The van der Waals surface area contributed by atoms with E-state index in [9.17, 15) is 14.7 Å². The van der Waals surface area contributed by atoms with Crippen LogP contribution in [0.5, 0.6) is 0 Å². The van der Waals surface area contributed by atoms with Crippen molar-refractivity contribution in [3.8, 4) is 11.1 Å². The minimum absolute atomic E-state index is 0.130. The van der Waals surface area contributed by atoms with Crippen molar-refractivity contribution >= 4 is 35.1 Å². The van der Waals surface area contributed by atoms with Gasteiger partial charge in [0.15, 0.2) is 0 Å². The highest BCUT2D eigenvalue weighted by Gasteiger charge is 2.38. The summed E-state index contributed by atoms with van der Waals surface area (Å²) in [7, 11) is 0. The zero-order chi connectivity index (χ0) is 19.2. The average Bonchev–Trinajstić information content (AvgIpc) is 2.89. The van der Waals surface area contributed by atoms with Gasteiger partial charge in [0.25, 0.3) is 5.91 Å². The van der Waals surface area contributed by atoms with Gasteiger partial charge in [-0.05, 0) is 31.5 Å². The molecule has 0 radical (unpaired) electrons. The lowest BCUT2D eigenvalue weighted by molar-refractivity contribution is -0.141. The number of nitrogens with two attached hydrogens (primary N) is 1. The molecule has 3 N–H and O–H groups in total. The number of hydrogen-bond acceptors (Lipinski definition) is 4. The second-order valence-electron chi connectivity index (χ2n) is 6.15. The van der Waals surface area contributed by atoms with Crippen LogP contribution in [0.15, 0.2) is 18.2 Å². The summed E-state index contributed by atoms with van der Waals surface area (Å²) < 4.78 is 0. The van der Waals surface area contributed by atoms with Crippen molar-refractivity contribution < 1.29 is 14.7 Å². The van der Waals surface area contributed by atoms with E-state index in [1.54, 1.807) is 18.2 Å². The quantitative estimate of drug-likeness (QED) is 0.830. The number of aliphatic carboxylic acids is 1. The van der Waals surface area contributed by atoms with Crippen molar-refractivity contribution in [3.05, 3.63) is 50.8 Å². The zero-order valence-corrected chi connectivity index (χ0v) is 15.7. The fourth-order valence-corrected chi connectivity index (χ4v) is 3.71. The second-order valence-corrected chi connectivity index (χ2v) is 6.99. The lowest BCUT2D eigenvalue weighted by Crippen LogP contribution is -2.39. The van der Waals surface area contributed by atoms with Gasteiger partial charge in [-0.2, -0.15) is 0 Å². The number of carboxylic acid groups (broad SMARTS) is 1. The predicted octanol–water partition coefficient (Wildman–Crippen LogP) is 3.25. The standard InChI is InChI=1S/C18H17Cl2N3O3/c1-8-12(6-21)15(11-4-3-10(19)5-13(11)20)16-14(22-8)7-23(17(16)24)9(2)18(25)26/h3-5,9H,6-7,21H2,1-2H3,(H,25,26)/t9-/m1/s1. The molecular weight excluding hydrogens is 377 g/mol. The van der Waals surface area contributed by atoms with Crippen molar-refractivity contribution in [3.63, 3.8) is 0 Å². The second kappa shape index (κ2) is 6.87. The molecule has 1 amide bonds. The van der Waals surface area contributed by atoms with E-state index in [4.69, 9.17) is 28.9 Å². The molecule has 2 aromatic rings. The minimum atomic E-state index is -1.08. The molecule has 6 nitrogen and oxygen atoms in total. The molecule has 0 saturated carbocycles. The molecular formula is C18H17Cl2N3O3. The lowest BCUT2D eigenvalue weighted by atomic mass is 9.93. The van der Waals surface area contributed by atoms with Crippen LogP contribution in [0.3, 0.4) is 0 Å². The number of pyridine rings is 1. The van der Waals surface area contributed by atoms with Gasteiger partial charge in [0.2, 0.25) is 0 Å². The Morgan fingerprint density at radius 3 is 2.65 bits per heavy atom. The van der Waals surface area contributed by atoms with Crippen molar-refractivity contribution in [1.82, 2.24) is 9.88 Å². The molecule has 0 spiro atoms. The first kappa shape index (κ1) is 18.6. The SMILES string of the molecule is Cc1nc2c(c(-c3ccc(Cl)cc3Cl)c1CN)C(=O)N([C@H](C)C(=O)O)C2. The van der Waals surface area contributed by atoms with Gasteiger partial charge in [-0.1, -0.05) is 29.3 Å². The van der Waals surface area contributed by atoms with Gasteiger partial charge < -0.3 is 15.7 Å². The molecule has 1 aliphatic rings. The number of carboxylic acids is 1. The first-order chi connectivity index (χ1) is 12.3. The average molecular weight is 394 g/mol. The van der Waals surface area contributed by atoms with E-state index >= 15 is 0 Å². The highest BCUT2D eigenvalue weighted by Crippen LogP contribution is 2.40. The van der Waals surface area contributed by atoms with Crippen LogP contribution in [0, 0.1) is 6.92 Å². The zero-order valence-electron chi connectivity index (χ0n) is 14.2. The Morgan fingerprint density at radius 2 is 2.08 bits per heavy atom. The summed E-state index contributed by atoms with van der Waals surface area (Å²) in [5.41, 5.74) is 9.41. The van der Waals surface area contributed by atoms with Crippen LogP contribution in [-0.4, -0.2) is 32.9 Å². The maximum atomic E-state index is 13.0. The molecule has 0 bridgehead atoms. The van der Waals surface area contributed by atoms with Crippen LogP contribution in [0.1, 0.15) is 34.2 Å². The summed E-state index contributed by atoms with van der Waals surface area (Å²) in [5, 5.41) is 10.1. The topological polar surface area (TPSA) is 96.5 Å². The summed E-state index contributed by atoms with van der Waals surface area (Å²) in [6.07, 6.45) is 0. The molecule has 0 unspecified atom stereocenters. The Bertz CT molecular complexity index is 930. The summed E-state index contributed by atoms with van der Waals surface area (Å²) >= 11 is 12.4. The number of fused-ring (bicyclic) bond motifs is 1. The van der Waals surface area contributed by atoms with Gasteiger partial charge in [-0.3, -0.25) is 9.78 Å². The number of rotatable bonds is 4. The van der Waals surface area contributed by atoms with Gasteiger partial charge in [0.05, 0.1) is 17.8 Å². The van der Waals surface area contributed by atoms with Crippen molar-refractivity contribution in [2.45, 2.75) is 33.0 Å². The van der Waals surface area contributed by atoms with E-state index in [0.717, 1.165) is 0 Å². The van der Waals surface area contributed by atoms with Gasteiger partial charge in [0, 0.05) is 33.4 Å². The number of aryl methyl sites for hydroxylation is 1. The molecule has 1 aromatic carbocycles. The molecule has 3 rings (SSSR count). The highest BCUT2D eigenvalue weighted by atomic mass is 35.5. The Hall–Kier alpha value is -2.15. The van der Waals surface area contributed by atoms with E-state index in [-0.39, 0.29) is 13.1 Å². The van der Waals surface area contributed by atoms with E-state index in [2.05, 4.69) is 4.98 Å². The number of benzene rings is 1. The van der Waals surface area contributed by atoms with Gasteiger partial charge in [-0.15, -0.1) is 0 Å². The molecule has 1 aliphatic heterocycles. The summed E-state index contributed by atoms with van der Waals surface area (Å²) in [6.45, 7) is 3.58. The fourth-order valence-electron chi connectivity index (χ4n) is 3.21. The molecule has 0 fully saturated rings. The Labute approximate surface area is 160 Å². The van der Waals surface area contributed by atoms with Crippen molar-refractivity contribution in [2.24, 2.45) is 5.73 Å². The Kier molecular flexibility index (Phi) is 4.92. The number of nitrogens with zero attached hydrogens (tertiary/aromatic N) is 2. The molecule has 0 aliphatic carbocycles. The number of carbonyl (C=O) groups is 2. The van der Waals surface area contributed by atoms with E-state index in [0.29, 0.717) is 43.7 Å². The first-order valence-corrected chi connectivity index (χ1v) is 8.73. The Balaban J connectivity index is 2.27. The maximum absolute atomic E-state index is 13.0. The fraction of sp³-hybridized carbons (Fsp3) is 0.278. The van der Waals surface area contributed by atoms with Crippen LogP contribution in [0.4, 0.5) is 0 Å². The molecule has 2 heterocycles. The summed E-state index contributed by atoms with van der Waals surface area (Å²) in [5.74, 6) is -1.47. The van der Waals surface area contributed by atoms with E-state index in [1.807, 2.05) is 6.92 Å². The third-order valence-electron chi connectivity index (χ3n) is 4.60. The van der Waals surface area contributed by atoms with E-state index < -0.39 is 17.9 Å². The summed E-state index contributed by atoms with van der Waals surface area (Å²) in [6, 6.07) is 4.04. The molecule has 1 aromatic heterocycles. The Morgan fingerprint density at radius 1 is 1.38 bits per heavy atom. The number of halogens is 2. The summed E-state index contributed by atoms with van der Waals surface area (Å²) in [4.78, 5) is 30.1. The van der Waals surface area contributed by atoms with Gasteiger partial charge >= 0.3 is 5.97 Å².